The molecular weight excluding hydrogens is 328 g/mol. The van der Waals surface area contributed by atoms with E-state index >= 15 is 0 Å². The number of piperidine rings is 1. The van der Waals surface area contributed by atoms with Crippen LogP contribution < -0.4 is 0 Å². The van der Waals surface area contributed by atoms with Gasteiger partial charge in [-0.1, -0.05) is 13.8 Å². The lowest BCUT2D eigenvalue weighted by Crippen LogP contribution is -2.48. The lowest BCUT2D eigenvalue weighted by molar-refractivity contribution is -0.139. The van der Waals surface area contributed by atoms with Crippen LogP contribution in [0.1, 0.15) is 40.0 Å². The molecule has 0 aromatic rings. The molecule has 0 saturated carbocycles. The van der Waals surface area contributed by atoms with Crippen molar-refractivity contribution in [2.24, 2.45) is 5.92 Å². The molecule has 1 saturated heterocycles. The van der Waals surface area contributed by atoms with E-state index in [1.807, 2.05) is 4.90 Å². The zero-order valence-electron chi connectivity index (χ0n) is 13.7. The normalized spacial score (nSPS) is 17.7. The van der Waals surface area contributed by atoms with E-state index in [0.29, 0.717) is 31.8 Å². The van der Waals surface area contributed by atoms with E-state index in [2.05, 4.69) is 13.8 Å². The summed E-state index contributed by atoms with van der Waals surface area (Å²) < 4.78 is 25.2. The molecule has 1 heterocycles. The van der Waals surface area contributed by atoms with Crippen molar-refractivity contribution in [2.75, 3.05) is 31.9 Å². The topological polar surface area (TPSA) is 77.9 Å². The summed E-state index contributed by atoms with van der Waals surface area (Å²) in [7, 11) is -3.12. The smallest absolute Gasteiger partial charge is 0.317 e. The van der Waals surface area contributed by atoms with Crippen molar-refractivity contribution in [3.8, 4) is 0 Å². The molecule has 0 radical (unpaired) electrons. The van der Waals surface area contributed by atoms with Gasteiger partial charge in [-0.05, 0) is 38.6 Å². The van der Waals surface area contributed by atoms with E-state index in [9.17, 15) is 13.2 Å². The first kappa shape index (κ1) is 21.6. The summed E-state index contributed by atoms with van der Waals surface area (Å²) in [4.78, 5) is 13.0. The maximum absolute atomic E-state index is 11.8. The first-order chi connectivity index (χ1) is 9.76. The maximum atomic E-state index is 11.8. The minimum absolute atomic E-state index is 0. The first-order valence-electron chi connectivity index (χ1n) is 7.70. The Bertz CT molecular complexity index is 434. The molecule has 0 spiro atoms. The highest BCUT2D eigenvalue weighted by molar-refractivity contribution is 7.89. The number of halogens is 1. The second-order valence-corrected chi connectivity index (χ2v) is 8.34. The van der Waals surface area contributed by atoms with Gasteiger partial charge in [-0.2, -0.15) is 0 Å². The first-order valence-corrected chi connectivity index (χ1v) is 9.30. The van der Waals surface area contributed by atoms with Crippen molar-refractivity contribution in [1.82, 2.24) is 9.21 Å². The monoisotopic (exact) mass is 356 g/mol. The maximum Gasteiger partial charge on any atom is 0.317 e. The molecule has 22 heavy (non-hydrogen) atoms. The number of rotatable bonds is 8. The fourth-order valence-electron chi connectivity index (χ4n) is 2.66. The predicted molar refractivity (Wildman–Crippen MR) is 90.0 cm³/mol. The highest BCUT2D eigenvalue weighted by Crippen LogP contribution is 2.20. The van der Waals surface area contributed by atoms with Crippen LogP contribution in [0.3, 0.4) is 0 Å². The van der Waals surface area contributed by atoms with Gasteiger partial charge >= 0.3 is 5.97 Å². The van der Waals surface area contributed by atoms with Crippen LogP contribution in [0.25, 0.3) is 0 Å². The van der Waals surface area contributed by atoms with Crippen LogP contribution in [0.5, 0.6) is 0 Å². The number of sulfonamides is 1. The van der Waals surface area contributed by atoms with Gasteiger partial charge in [0.2, 0.25) is 10.0 Å². The van der Waals surface area contributed by atoms with Gasteiger partial charge in [-0.3, -0.25) is 9.69 Å². The van der Waals surface area contributed by atoms with Crippen LogP contribution in [0, 0.1) is 5.92 Å². The van der Waals surface area contributed by atoms with E-state index in [4.69, 9.17) is 5.11 Å². The molecule has 0 bridgehead atoms. The van der Waals surface area contributed by atoms with E-state index in [1.54, 1.807) is 6.92 Å². The van der Waals surface area contributed by atoms with E-state index in [-0.39, 0.29) is 30.7 Å². The molecule has 0 aliphatic carbocycles. The van der Waals surface area contributed by atoms with Crippen molar-refractivity contribution in [3.05, 3.63) is 0 Å². The summed E-state index contributed by atoms with van der Waals surface area (Å²) in [5.41, 5.74) is 0. The Hall–Kier alpha value is -0.370. The van der Waals surface area contributed by atoms with Crippen LogP contribution in [0.2, 0.25) is 0 Å². The largest absolute Gasteiger partial charge is 0.480 e. The Morgan fingerprint density at radius 2 is 1.86 bits per heavy atom. The molecule has 0 aromatic heterocycles. The predicted octanol–water partition coefficient (Wildman–Crippen LogP) is 1.65. The molecule has 132 valence electrons. The van der Waals surface area contributed by atoms with Crippen LogP contribution in [0.15, 0.2) is 0 Å². The van der Waals surface area contributed by atoms with Crippen molar-refractivity contribution >= 4 is 28.4 Å². The molecule has 8 heteroatoms. The molecule has 0 amide bonds. The van der Waals surface area contributed by atoms with Gasteiger partial charge in [-0.15, -0.1) is 12.4 Å². The van der Waals surface area contributed by atoms with Crippen LogP contribution in [-0.2, 0) is 14.8 Å². The molecule has 0 unspecified atom stereocenters. The number of aliphatic carboxylic acids is 1. The number of carboxylic acids is 1. The minimum Gasteiger partial charge on any atom is -0.480 e. The van der Waals surface area contributed by atoms with E-state index in [1.165, 1.54) is 4.31 Å². The van der Waals surface area contributed by atoms with Gasteiger partial charge < -0.3 is 5.11 Å². The van der Waals surface area contributed by atoms with Crippen LogP contribution >= 0.6 is 12.4 Å². The second-order valence-electron chi connectivity index (χ2n) is 6.08. The fraction of sp³-hybridized carbons (Fsp3) is 0.929. The molecule has 1 fully saturated rings. The van der Waals surface area contributed by atoms with E-state index < -0.39 is 16.0 Å². The molecule has 6 nitrogen and oxygen atoms in total. The van der Waals surface area contributed by atoms with Crippen molar-refractivity contribution in [3.63, 3.8) is 0 Å². The highest BCUT2D eigenvalue weighted by atomic mass is 35.5. The van der Waals surface area contributed by atoms with E-state index in [0.717, 1.165) is 13.0 Å². The summed E-state index contributed by atoms with van der Waals surface area (Å²) in [5.74, 6) is -0.159. The second kappa shape index (κ2) is 9.70. The molecule has 1 aliphatic heterocycles. The minimum atomic E-state index is -3.12. The van der Waals surface area contributed by atoms with Gasteiger partial charge in [0, 0.05) is 19.1 Å². The summed E-state index contributed by atoms with van der Waals surface area (Å²) in [6.07, 6.45) is 2.38. The Balaban J connectivity index is 0.00000441. The number of hydrogen-bond donors (Lipinski definition) is 1. The lowest BCUT2D eigenvalue weighted by atomic mass is 10.0. The third-order valence-corrected chi connectivity index (χ3v) is 5.91. The number of nitrogens with zero attached hydrogens (tertiary/aromatic N) is 2. The standard InChI is InChI=1S/C14H28N2O4S.ClH/c1-4-21(19,20)16-9-6-13(7-10-16)15(11-14(17)18)8-5-12(2)3;/h12-13H,4-11H2,1-3H3,(H,17,18);1H. The molecule has 1 N–H and O–H groups in total. The molecular formula is C14H29ClN2O4S. The van der Waals surface area contributed by atoms with Crippen molar-refractivity contribution < 1.29 is 18.3 Å². The summed E-state index contributed by atoms with van der Waals surface area (Å²) in [6, 6.07) is 0.170. The zero-order valence-corrected chi connectivity index (χ0v) is 15.3. The third-order valence-electron chi connectivity index (χ3n) is 4.03. The third kappa shape index (κ3) is 6.81. The Morgan fingerprint density at radius 3 is 2.27 bits per heavy atom. The Morgan fingerprint density at radius 1 is 1.32 bits per heavy atom. The van der Waals surface area contributed by atoms with Gasteiger partial charge in [-0.25, -0.2) is 12.7 Å². The number of hydrogen-bond acceptors (Lipinski definition) is 4. The summed E-state index contributed by atoms with van der Waals surface area (Å²) >= 11 is 0. The Kier molecular flexibility index (Phi) is 9.54. The van der Waals surface area contributed by atoms with Gasteiger partial charge in [0.25, 0.3) is 0 Å². The van der Waals surface area contributed by atoms with Gasteiger partial charge in [0.1, 0.15) is 0 Å². The molecule has 1 aliphatic rings. The zero-order chi connectivity index (χ0) is 16.0. The lowest BCUT2D eigenvalue weighted by Gasteiger charge is -2.37. The average molecular weight is 357 g/mol. The van der Waals surface area contributed by atoms with Crippen molar-refractivity contribution in [1.29, 1.82) is 0 Å². The van der Waals surface area contributed by atoms with Gasteiger partial charge in [0.15, 0.2) is 0 Å². The summed E-state index contributed by atoms with van der Waals surface area (Å²) in [5, 5.41) is 9.05. The van der Waals surface area contributed by atoms with Gasteiger partial charge in [0.05, 0.1) is 12.3 Å². The van der Waals surface area contributed by atoms with Crippen LogP contribution in [-0.4, -0.2) is 66.7 Å². The SMILES string of the molecule is CCS(=O)(=O)N1CCC(N(CCC(C)C)CC(=O)O)CC1.Cl. The summed E-state index contributed by atoms with van der Waals surface area (Å²) in [6.45, 7) is 7.69. The number of carboxylic acid groups (broad SMARTS) is 1. The molecule has 0 atom stereocenters. The molecule has 1 rings (SSSR count). The fourth-order valence-corrected chi connectivity index (χ4v) is 3.79. The van der Waals surface area contributed by atoms with Crippen LogP contribution in [0.4, 0.5) is 0 Å². The Labute approximate surface area is 140 Å². The average Bonchev–Trinajstić information content (AvgIpc) is 2.43. The number of carbonyl (C=O) groups is 1. The molecule has 0 aromatic carbocycles. The highest BCUT2D eigenvalue weighted by Gasteiger charge is 2.30. The quantitative estimate of drug-likeness (QED) is 0.715. The van der Waals surface area contributed by atoms with Crippen molar-refractivity contribution in [2.45, 2.75) is 46.1 Å².